The third-order valence-corrected chi connectivity index (χ3v) is 3.23. The van der Waals surface area contributed by atoms with Gasteiger partial charge in [0.1, 0.15) is 0 Å². The largest absolute Gasteiger partial charge is 0.465 e. The molecule has 0 atom stereocenters. The number of hydrogen-bond donors (Lipinski definition) is 0. The second kappa shape index (κ2) is 6.39. The predicted octanol–water partition coefficient (Wildman–Crippen LogP) is 3.91. The van der Waals surface area contributed by atoms with Gasteiger partial charge in [-0.3, -0.25) is 0 Å². The summed E-state index contributed by atoms with van der Waals surface area (Å²) in [5, 5.41) is 0.635. The van der Waals surface area contributed by atoms with E-state index in [0.29, 0.717) is 10.6 Å². The lowest BCUT2D eigenvalue weighted by atomic mass is 10.00. The van der Waals surface area contributed by atoms with Crippen LogP contribution in [0, 0.1) is 0 Å². The third kappa shape index (κ3) is 3.58. The van der Waals surface area contributed by atoms with E-state index in [1.165, 1.54) is 12.7 Å². The Bertz CT molecular complexity index is 564. The van der Waals surface area contributed by atoms with Crippen LogP contribution in [0.1, 0.15) is 21.5 Å². The molecule has 2 rings (SSSR count). The van der Waals surface area contributed by atoms with Gasteiger partial charge in [0.15, 0.2) is 0 Å². The summed E-state index contributed by atoms with van der Waals surface area (Å²) in [5.41, 5.74) is 2.74. The second-order valence-electron chi connectivity index (χ2n) is 4.28. The standard InChI is InChI=1S/C16H15ClO2/c1-19-16(18)15-10-9-14(17)11-13(15)8-7-12-5-3-2-4-6-12/h2-6,9-11H,7-8H2,1H3. The molecule has 98 valence electrons. The maximum atomic E-state index is 11.7. The van der Waals surface area contributed by atoms with Gasteiger partial charge in [0.25, 0.3) is 0 Å². The van der Waals surface area contributed by atoms with Crippen molar-refractivity contribution in [2.45, 2.75) is 12.8 Å². The zero-order valence-corrected chi connectivity index (χ0v) is 11.5. The lowest BCUT2D eigenvalue weighted by Gasteiger charge is -2.08. The molecule has 0 saturated heterocycles. The van der Waals surface area contributed by atoms with Gasteiger partial charge in [-0.1, -0.05) is 41.9 Å². The number of esters is 1. The van der Waals surface area contributed by atoms with Crippen LogP contribution in [-0.4, -0.2) is 13.1 Å². The Morgan fingerprint density at radius 3 is 2.53 bits per heavy atom. The number of aryl methyl sites for hydroxylation is 2. The van der Waals surface area contributed by atoms with Crippen LogP contribution >= 0.6 is 11.6 Å². The molecule has 0 bridgehead atoms. The van der Waals surface area contributed by atoms with Crippen molar-refractivity contribution in [3.63, 3.8) is 0 Å². The van der Waals surface area contributed by atoms with Gasteiger partial charge >= 0.3 is 5.97 Å². The van der Waals surface area contributed by atoms with E-state index in [-0.39, 0.29) is 5.97 Å². The van der Waals surface area contributed by atoms with Gasteiger partial charge in [0.05, 0.1) is 12.7 Å². The monoisotopic (exact) mass is 274 g/mol. The van der Waals surface area contributed by atoms with Crippen molar-refractivity contribution in [1.82, 2.24) is 0 Å². The quantitative estimate of drug-likeness (QED) is 0.790. The molecule has 0 saturated carbocycles. The number of carbonyl (C=O) groups is 1. The third-order valence-electron chi connectivity index (χ3n) is 3.00. The van der Waals surface area contributed by atoms with Crippen LogP contribution in [0.5, 0.6) is 0 Å². The van der Waals surface area contributed by atoms with Crippen LogP contribution < -0.4 is 0 Å². The minimum Gasteiger partial charge on any atom is -0.465 e. The molecule has 3 heteroatoms. The first-order chi connectivity index (χ1) is 9.20. The Kier molecular flexibility index (Phi) is 4.58. The van der Waals surface area contributed by atoms with Gasteiger partial charge < -0.3 is 4.74 Å². The van der Waals surface area contributed by atoms with Crippen molar-refractivity contribution < 1.29 is 9.53 Å². The molecule has 2 aromatic rings. The first kappa shape index (κ1) is 13.6. The maximum absolute atomic E-state index is 11.7. The van der Waals surface area contributed by atoms with E-state index >= 15 is 0 Å². The highest BCUT2D eigenvalue weighted by Crippen LogP contribution is 2.19. The van der Waals surface area contributed by atoms with Crippen molar-refractivity contribution >= 4 is 17.6 Å². The summed E-state index contributed by atoms with van der Waals surface area (Å²) in [6.07, 6.45) is 1.63. The zero-order valence-electron chi connectivity index (χ0n) is 10.7. The van der Waals surface area contributed by atoms with Crippen molar-refractivity contribution in [3.05, 3.63) is 70.2 Å². The average molecular weight is 275 g/mol. The summed E-state index contributed by atoms with van der Waals surface area (Å²) in [4.78, 5) is 11.7. The molecule has 0 spiro atoms. The van der Waals surface area contributed by atoms with Crippen molar-refractivity contribution in [3.8, 4) is 0 Å². The van der Waals surface area contributed by atoms with Crippen LogP contribution in [0.3, 0.4) is 0 Å². The molecule has 0 aliphatic carbocycles. The van der Waals surface area contributed by atoms with E-state index in [4.69, 9.17) is 16.3 Å². The van der Waals surface area contributed by atoms with E-state index in [9.17, 15) is 4.79 Å². The fourth-order valence-electron chi connectivity index (χ4n) is 2.00. The van der Waals surface area contributed by atoms with E-state index < -0.39 is 0 Å². The highest BCUT2D eigenvalue weighted by molar-refractivity contribution is 6.30. The van der Waals surface area contributed by atoms with Crippen molar-refractivity contribution in [2.24, 2.45) is 0 Å². The first-order valence-corrected chi connectivity index (χ1v) is 6.49. The molecule has 0 radical (unpaired) electrons. The molecule has 0 N–H and O–H groups in total. The van der Waals surface area contributed by atoms with Crippen LogP contribution in [0.15, 0.2) is 48.5 Å². The summed E-state index contributed by atoms with van der Waals surface area (Å²) in [7, 11) is 1.39. The minimum atomic E-state index is -0.320. The second-order valence-corrected chi connectivity index (χ2v) is 4.72. The number of rotatable bonds is 4. The van der Waals surface area contributed by atoms with Crippen molar-refractivity contribution in [1.29, 1.82) is 0 Å². The number of benzene rings is 2. The summed E-state index contributed by atoms with van der Waals surface area (Å²) >= 11 is 5.99. The summed E-state index contributed by atoms with van der Waals surface area (Å²) < 4.78 is 4.79. The van der Waals surface area contributed by atoms with Gasteiger partial charge in [-0.15, -0.1) is 0 Å². The fraction of sp³-hybridized carbons (Fsp3) is 0.188. The van der Waals surface area contributed by atoms with Gasteiger partial charge in [-0.05, 0) is 42.2 Å². The van der Waals surface area contributed by atoms with E-state index in [1.807, 2.05) is 24.3 Å². The molecule has 2 nitrogen and oxygen atoms in total. The molecule has 0 unspecified atom stereocenters. The molecular weight excluding hydrogens is 260 g/mol. The van der Waals surface area contributed by atoms with Crippen LogP contribution in [0.2, 0.25) is 5.02 Å². The Morgan fingerprint density at radius 1 is 1.11 bits per heavy atom. The topological polar surface area (TPSA) is 26.3 Å². The highest BCUT2D eigenvalue weighted by atomic mass is 35.5. The SMILES string of the molecule is COC(=O)c1ccc(Cl)cc1CCc1ccccc1. The fourth-order valence-corrected chi connectivity index (χ4v) is 2.20. The Balaban J connectivity index is 2.19. The van der Waals surface area contributed by atoms with Crippen molar-refractivity contribution in [2.75, 3.05) is 7.11 Å². The minimum absolute atomic E-state index is 0.320. The Morgan fingerprint density at radius 2 is 1.84 bits per heavy atom. The molecule has 0 aromatic heterocycles. The van der Waals surface area contributed by atoms with Gasteiger partial charge in [0.2, 0.25) is 0 Å². The lowest BCUT2D eigenvalue weighted by molar-refractivity contribution is 0.0599. The average Bonchev–Trinajstić information content (AvgIpc) is 2.45. The molecule has 0 aliphatic heterocycles. The van der Waals surface area contributed by atoms with Gasteiger partial charge in [0, 0.05) is 5.02 Å². The van der Waals surface area contributed by atoms with Crippen LogP contribution in [0.25, 0.3) is 0 Å². The number of hydrogen-bond acceptors (Lipinski definition) is 2. The first-order valence-electron chi connectivity index (χ1n) is 6.11. The highest BCUT2D eigenvalue weighted by Gasteiger charge is 2.12. The Hall–Kier alpha value is -1.80. The zero-order chi connectivity index (χ0) is 13.7. The summed E-state index contributed by atoms with van der Waals surface area (Å²) in [6.45, 7) is 0. The lowest BCUT2D eigenvalue weighted by Crippen LogP contribution is -2.06. The van der Waals surface area contributed by atoms with E-state index in [1.54, 1.807) is 12.1 Å². The number of methoxy groups -OCH3 is 1. The number of carbonyl (C=O) groups excluding carboxylic acids is 1. The normalized spacial score (nSPS) is 10.2. The molecule has 2 aromatic carbocycles. The maximum Gasteiger partial charge on any atom is 0.338 e. The molecule has 0 amide bonds. The molecule has 0 aliphatic rings. The van der Waals surface area contributed by atoms with E-state index in [2.05, 4.69) is 12.1 Å². The summed E-state index contributed by atoms with van der Waals surface area (Å²) in [5.74, 6) is -0.320. The molecular formula is C16H15ClO2. The van der Waals surface area contributed by atoms with Gasteiger partial charge in [-0.25, -0.2) is 4.79 Å². The molecule has 19 heavy (non-hydrogen) atoms. The molecule has 0 fully saturated rings. The van der Waals surface area contributed by atoms with Crippen LogP contribution in [-0.2, 0) is 17.6 Å². The van der Waals surface area contributed by atoms with E-state index in [0.717, 1.165) is 18.4 Å². The number of halogens is 1. The smallest absolute Gasteiger partial charge is 0.338 e. The van der Waals surface area contributed by atoms with Crippen LogP contribution in [0.4, 0.5) is 0 Å². The number of ether oxygens (including phenoxy) is 1. The molecule has 0 heterocycles. The van der Waals surface area contributed by atoms with Gasteiger partial charge in [-0.2, -0.15) is 0 Å². The summed E-state index contributed by atoms with van der Waals surface area (Å²) in [6, 6.07) is 15.4. The Labute approximate surface area is 118 Å². The predicted molar refractivity (Wildman–Crippen MR) is 76.6 cm³/mol.